The van der Waals surface area contributed by atoms with Gasteiger partial charge in [0, 0.05) is 44.5 Å². The summed E-state index contributed by atoms with van der Waals surface area (Å²) in [7, 11) is 1.59. The van der Waals surface area contributed by atoms with E-state index in [4.69, 9.17) is 4.74 Å². The topological polar surface area (TPSA) is 112 Å². The summed E-state index contributed by atoms with van der Waals surface area (Å²) in [6.07, 6.45) is 3.45. The zero-order chi connectivity index (χ0) is 30.2. The first-order chi connectivity index (χ1) is 20.9. The molecule has 0 aliphatic rings. The highest BCUT2D eigenvalue weighted by Crippen LogP contribution is 2.27. The van der Waals surface area contributed by atoms with Gasteiger partial charge < -0.3 is 25.7 Å². The predicted molar refractivity (Wildman–Crippen MR) is 172 cm³/mol. The van der Waals surface area contributed by atoms with Crippen molar-refractivity contribution in [3.63, 3.8) is 0 Å². The molecule has 1 unspecified atom stereocenters. The first kappa shape index (κ1) is 29.2. The lowest BCUT2D eigenvalue weighted by Crippen LogP contribution is -2.30. The molecular weight excluding hydrogens is 560 g/mol. The van der Waals surface area contributed by atoms with Gasteiger partial charge in [0.05, 0.1) is 12.4 Å². The van der Waals surface area contributed by atoms with Crippen LogP contribution in [0.15, 0.2) is 120 Å². The van der Waals surface area contributed by atoms with Gasteiger partial charge in [-0.05, 0) is 73.7 Å². The van der Waals surface area contributed by atoms with Crippen molar-refractivity contribution in [2.45, 2.75) is 17.1 Å². The summed E-state index contributed by atoms with van der Waals surface area (Å²) >= 11 is 1.36. The smallest absolute Gasteiger partial charge is 0.272 e. The number of benzene rings is 4. The SMILES string of the molecule is COc1ccc(NC(=O)C(C)Sc2cccc(NC(=O)/C(=C/c3c[nH]c4ccccc34)NC(=O)c3ccccc3)c2)cc1. The van der Waals surface area contributed by atoms with Crippen molar-refractivity contribution in [2.75, 3.05) is 17.7 Å². The fraction of sp³-hybridized carbons (Fsp3) is 0.0882. The number of thioether (sulfide) groups is 1. The van der Waals surface area contributed by atoms with E-state index >= 15 is 0 Å². The van der Waals surface area contributed by atoms with E-state index in [1.54, 1.807) is 86.1 Å². The van der Waals surface area contributed by atoms with Crippen LogP contribution in [0.25, 0.3) is 17.0 Å². The maximum Gasteiger partial charge on any atom is 0.272 e. The lowest BCUT2D eigenvalue weighted by molar-refractivity contribution is -0.115. The molecule has 1 aromatic heterocycles. The molecule has 0 aliphatic carbocycles. The number of hydrogen-bond donors (Lipinski definition) is 4. The summed E-state index contributed by atoms with van der Waals surface area (Å²) in [6.45, 7) is 1.82. The van der Waals surface area contributed by atoms with E-state index in [9.17, 15) is 14.4 Å². The largest absolute Gasteiger partial charge is 0.497 e. The van der Waals surface area contributed by atoms with Crippen LogP contribution in [0, 0.1) is 0 Å². The zero-order valence-corrected chi connectivity index (χ0v) is 24.4. The van der Waals surface area contributed by atoms with Gasteiger partial charge in [0.2, 0.25) is 5.91 Å². The van der Waals surface area contributed by atoms with E-state index in [0.717, 1.165) is 21.4 Å². The number of fused-ring (bicyclic) bond motifs is 1. The van der Waals surface area contributed by atoms with E-state index in [1.807, 2.05) is 43.3 Å². The Labute approximate surface area is 253 Å². The van der Waals surface area contributed by atoms with Crippen LogP contribution in [-0.2, 0) is 9.59 Å². The lowest BCUT2D eigenvalue weighted by Gasteiger charge is -2.14. The highest BCUT2D eigenvalue weighted by Gasteiger charge is 2.18. The van der Waals surface area contributed by atoms with Crippen LogP contribution in [0.1, 0.15) is 22.8 Å². The Hall–Kier alpha value is -5.28. The van der Waals surface area contributed by atoms with Crippen LogP contribution >= 0.6 is 11.8 Å². The number of ether oxygens (including phenoxy) is 1. The molecule has 4 N–H and O–H groups in total. The molecule has 216 valence electrons. The van der Waals surface area contributed by atoms with Crippen molar-refractivity contribution < 1.29 is 19.1 Å². The average Bonchev–Trinajstić information content (AvgIpc) is 3.44. The zero-order valence-electron chi connectivity index (χ0n) is 23.6. The summed E-state index contributed by atoms with van der Waals surface area (Å²) < 4.78 is 5.16. The molecule has 5 rings (SSSR count). The number of carbonyl (C=O) groups is 3. The molecule has 43 heavy (non-hydrogen) atoms. The second-order valence-electron chi connectivity index (χ2n) is 9.63. The Bertz CT molecular complexity index is 1780. The number of carbonyl (C=O) groups excluding carboxylic acids is 3. The maximum atomic E-state index is 13.5. The molecule has 0 fully saturated rings. The van der Waals surface area contributed by atoms with Gasteiger partial charge in [-0.25, -0.2) is 0 Å². The number of H-pyrrole nitrogens is 1. The molecule has 5 aromatic rings. The monoisotopic (exact) mass is 590 g/mol. The Morgan fingerprint density at radius 2 is 1.58 bits per heavy atom. The van der Waals surface area contributed by atoms with Crippen molar-refractivity contribution in [1.82, 2.24) is 10.3 Å². The summed E-state index contributed by atoms with van der Waals surface area (Å²) in [5.74, 6) is -0.333. The lowest BCUT2D eigenvalue weighted by atomic mass is 10.1. The third-order valence-electron chi connectivity index (χ3n) is 6.58. The molecule has 0 saturated carbocycles. The third-order valence-corrected chi connectivity index (χ3v) is 7.68. The number of nitrogens with one attached hydrogen (secondary N) is 4. The quantitative estimate of drug-likeness (QED) is 0.107. The molecule has 3 amide bonds. The van der Waals surface area contributed by atoms with Crippen molar-refractivity contribution in [3.8, 4) is 5.75 Å². The van der Waals surface area contributed by atoms with Gasteiger partial charge in [-0.1, -0.05) is 42.5 Å². The Kier molecular flexibility index (Phi) is 9.23. The first-order valence-electron chi connectivity index (χ1n) is 13.6. The van der Waals surface area contributed by atoms with E-state index in [1.165, 1.54) is 11.8 Å². The summed E-state index contributed by atoms with van der Waals surface area (Å²) in [6, 6.07) is 30.8. The van der Waals surface area contributed by atoms with E-state index in [0.29, 0.717) is 22.7 Å². The molecule has 8 nitrogen and oxygen atoms in total. The molecular formula is C34H30N4O4S. The van der Waals surface area contributed by atoms with Gasteiger partial charge in [-0.2, -0.15) is 0 Å². The van der Waals surface area contributed by atoms with Gasteiger partial charge in [0.25, 0.3) is 11.8 Å². The standard InChI is InChI=1S/C34H30N4O4S/c1-22(32(39)36-25-15-17-27(42-2)18-16-25)43-28-12-8-11-26(20-28)37-34(41)31(38-33(40)23-9-4-3-5-10-23)19-24-21-35-30-14-7-6-13-29(24)30/h3-22,35H,1-2H3,(H,36,39)(H,37,41)(H,38,40)/b31-19-. The molecule has 0 spiro atoms. The van der Waals surface area contributed by atoms with E-state index in [-0.39, 0.29) is 11.6 Å². The number of aromatic amines is 1. The number of anilines is 2. The predicted octanol–water partition coefficient (Wildman–Crippen LogP) is 6.71. The van der Waals surface area contributed by atoms with Crippen LogP contribution in [0.4, 0.5) is 11.4 Å². The second kappa shape index (κ2) is 13.6. The molecule has 1 heterocycles. The Morgan fingerprint density at radius 3 is 2.35 bits per heavy atom. The van der Waals surface area contributed by atoms with Gasteiger partial charge in [0.15, 0.2) is 0 Å². The molecule has 0 saturated heterocycles. The minimum absolute atomic E-state index is 0.0869. The second-order valence-corrected chi connectivity index (χ2v) is 11.0. The number of amides is 3. The minimum atomic E-state index is -0.484. The number of hydrogen-bond acceptors (Lipinski definition) is 5. The maximum absolute atomic E-state index is 13.5. The normalized spacial score (nSPS) is 11.9. The molecule has 0 radical (unpaired) electrons. The van der Waals surface area contributed by atoms with Gasteiger partial charge in [-0.15, -0.1) is 11.8 Å². The van der Waals surface area contributed by atoms with Crippen LogP contribution in [0.2, 0.25) is 0 Å². The van der Waals surface area contributed by atoms with Gasteiger partial charge >= 0.3 is 0 Å². The number of aromatic nitrogens is 1. The van der Waals surface area contributed by atoms with Gasteiger partial charge in [0.1, 0.15) is 11.4 Å². The van der Waals surface area contributed by atoms with Crippen molar-refractivity contribution in [1.29, 1.82) is 0 Å². The molecule has 1 atom stereocenters. The summed E-state index contributed by atoms with van der Waals surface area (Å²) in [5, 5.41) is 9.09. The van der Waals surface area contributed by atoms with E-state index in [2.05, 4.69) is 20.9 Å². The Morgan fingerprint density at radius 1 is 0.837 bits per heavy atom. The fourth-order valence-corrected chi connectivity index (χ4v) is 5.26. The number of para-hydroxylation sites is 1. The third kappa shape index (κ3) is 7.52. The first-order valence-corrected chi connectivity index (χ1v) is 14.4. The van der Waals surface area contributed by atoms with Crippen LogP contribution < -0.4 is 20.7 Å². The van der Waals surface area contributed by atoms with Gasteiger partial charge in [-0.3, -0.25) is 14.4 Å². The number of methoxy groups -OCH3 is 1. The van der Waals surface area contributed by atoms with Crippen molar-refractivity contribution in [3.05, 3.63) is 126 Å². The minimum Gasteiger partial charge on any atom is -0.497 e. The summed E-state index contributed by atoms with van der Waals surface area (Å²) in [5.41, 5.74) is 3.39. The van der Waals surface area contributed by atoms with Crippen LogP contribution in [-0.4, -0.2) is 35.1 Å². The Balaban J connectivity index is 1.31. The van der Waals surface area contributed by atoms with Crippen LogP contribution in [0.3, 0.4) is 0 Å². The molecule has 4 aromatic carbocycles. The van der Waals surface area contributed by atoms with Crippen molar-refractivity contribution in [2.24, 2.45) is 0 Å². The number of rotatable bonds is 10. The summed E-state index contributed by atoms with van der Waals surface area (Å²) in [4.78, 5) is 43.4. The fourth-order valence-electron chi connectivity index (χ4n) is 4.33. The molecule has 0 aliphatic heterocycles. The highest BCUT2D eigenvalue weighted by atomic mass is 32.2. The highest BCUT2D eigenvalue weighted by molar-refractivity contribution is 8.00. The van der Waals surface area contributed by atoms with Crippen molar-refractivity contribution >= 4 is 57.8 Å². The molecule has 9 heteroatoms. The van der Waals surface area contributed by atoms with E-state index < -0.39 is 17.1 Å². The molecule has 0 bridgehead atoms. The van der Waals surface area contributed by atoms with Crippen LogP contribution in [0.5, 0.6) is 5.75 Å². The average molecular weight is 591 g/mol.